The number of hydrogen-bond donors (Lipinski definition) is 1. The van der Waals surface area contributed by atoms with Gasteiger partial charge in [-0.25, -0.2) is 10.2 Å². The Morgan fingerprint density at radius 2 is 1.77 bits per heavy atom. The van der Waals surface area contributed by atoms with Crippen molar-refractivity contribution < 1.29 is 19.1 Å². The van der Waals surface area contributed by atoms with Crippen LogP contribution in [-0.4, -0.2) is 30.2 Å². The first-order chi connectivity index (χ1) is 14.5. The van der Waals surface area contributed by atoms with Crippen molar-refractivity contribution in [1.29, 1.82) is 0 Å². The third-order valence-electron chi connectivity index (χ3n) is 4.02. The second kappa shape index (κ2) is 9.67. The molecule has 1 N–H and O–H groups in total. The number of pyridine rings is 1. The van der Waals surface area contributed by atoms with Crippen molar-refractivity contribution >= 4 is 29.7 Å². The van der Waals surface area contributed by atoms with Crippen molar-refractivity contribution in [1.82, 2.24) is 10.4 Å². The van der Waals surface area contributed by atoms with Gasteiger partial charge in [-0.2, -0.15) is 5.10 Å². The molecule has 0 saturated heterocycles. The minimum atomic E-state index is -0.537. The molecule has 0 aliphatic carbocycles. The van der Waals surface area contributed by atoms with E-state index in [1.165, 1.54) is 19.5 Å². The van der Waals surface area contributed by atoms with Crippen LogP contribution in [0.15, 0.2) is 65.9 Å². The zero-order valence-corrected chi connectivity index (χ0v) is 17.0. The van der Waals surface area contributed by atoms with Crippen LogP contribution >= 0.6 is 11.6 Å². The van der Waals surface area contributed by atoms with Crippen LogP contribution in [0.1, 0.15) is 32.0 Å². The van der Waals surface area contributed by atoms with Crippen LogP contribution in [0.4, 0.5) is 0 Å². The smallest absolute Gasteiger partial charge is 0.343 e. The molecule has 0 saturated carbocycles. The molecule has 0 atom stereocenters. The first-order valence-electron chi connectivity index (χ1n) is 8.88. The highest BCUT2D eigenvalue weighted by Gasteiger charge is 2.13. The van der Waals surface area contributed by atoms with E-state index in [4.69, 9.17) is 21.1 Å². The summed E-state index contributed by atoms with van der Waals surface area (Å²) in [5.74, 6) is -0.315. The Morgan fingerprint density at radius 3 is 2.43 bits per heavy atom. The number of aryl methyl sites for hydroxylation is 1. The number of nitrogens with zero attached hydrogens (tertiary/aromatic N) is 2. The third-order valence-corrected chi connectivity index (χ3v) is 4.28. The summed E-state index contributed by atoms with van der Waals surface area (Å²) in [5, 5.41) is 4.46. The van der Waals surface area contributed by atoms with Gasteiger partial charge in [0.25, 0.3) is 5.91 Å². The lowest BCUT2D eigenvalue weighted by Crippen LogP contribution is -2.17. The van der Waals surface area contributed by atoms with Crippen LogP contribution in [-0.2, 0) is 0 Å². The van der Waals surface area contributed by atoms with Gasteiger partial charge in [0.2, 0.25) is 0 Å². The lowest BCUT2D eigenvalue weighted by atomic mass is 10.2. The number of methoxy groups -OCH3 is 1. The number of esters is 1. The van der Waals surface area contributed by atoms with Gasteiger partial charge in [0.05, 0.1) is 24.5 Å². The summed E-state index contributed by atoms with van der Waals surface area (Å²) in [7, 11) is 1.46. The summed E-state index contributed by atoms with van der Waals surface area (Å²) < 4.78 is 10.7. The Morgan fingerprint density at radius 1 is 1.03 bits per heavy atom. The van der Waals surface area contributed by atoms with E-state index in [0.29, 0.717) is 27.5 Å². The molecular formula is C22H18ClN3O4. The van der Waals surface area contributed by atoms with Gasteiger partial charge in [-0.05, 0) is 67.1 Å². The third kappa shape index (κ3) is 5.42. The fraction of sp³-hybridized carbons (Fsp3) is 0.0909. The zero-order chi connectivity index (χ0) is 21.5. The van der Waals surface area contributed by atoms with Crippen LogP contribution in [0, 0.1) is 6.92 Å². The van der Waals surface area contributed by atoms with Gasteiger partial charge in [-0.1, -0.05) is 11.6 Å². The highest BCUT2D eigenvalue weighted by Crippen LogP contribution is 2.28. The molecule has 7 nitrogen and oxygen atoms in total. The highest BCUT2D eigenvalue weighted by atomic mass is 35.5. The number of carbonyl (C=O) groups excluding carboxylic acids is 2. The molecule has 1 amide bonds. The predicted molar refractivity (Wildman–Crippen MR) is 113 cm³/mol. The summed E-state index contributed by atoms with van der Waals surface area (Å²) in [6.07, 6.45) is 2.93. The van der Waals surface area contributed by atoms with Crippen molar-refractivity contribution in [2.45, 2.75) is 6.92 Å². The molecule has 0 bridgehead atoms. The topological polar surface area (TPSA) is 89.9 Å². The molecule has 152 valence electrons. The summed E-state index contributed by atoms with van der Waals surface area (Å²) >= 11 is 5.83. The van der Waals surface area contributed by atoms with E-state index in [0.717, 1.165) is 5.69 Å². The Labute approximate surface area is 178 Å². The maximum absolute atomic E-state index is 12.3. The predicted octanol–water partition coefficient (Wildman–Crippen LogP) is 4.04. The molecule has 1 heterocycles. The average Bonchev–Trinajstić information content (AvgIpc) is 2.75. The van der Waals surface area contributed by atoms with Crippen LogP contribution < -0.4 is 14.9 Å². The highest BCUT2D eigenvalue weighted by molar-refractivity contribution is 6.30. The minimum Gasteiger partial charge on any atom is -0.493 e. The van der Waals surface area contributed by atoms with Gasteiger partial charge in [-0.3, -0.25) is 9.78 Å². The second-order valence-corrected chi connectivity index (χ2v) is 6.63. The van der Waals surface area contributed by atoms with Crippen molar-refractivity contribution in [3.05, 3.63) is 88.2 Å². The molecule has 1 aromatic heterocycles. The summed E-state index contributed by atoms with van der Waals surface area (Å²) in [6, 6.07) is 14.7. The van der Waals surface area contributed by atoms with Crippen molar-refractivity contribution in [2.75, 3.05) is 7.11 Å². The van der Waals surface area contributed by atoms with Crippen LogP contribution in [0.5, 0.6) is 11.5 Å². The van der Waals surface area contributed by atoms with E-state index < -0.39 is 5.97 Å². The van der Waals surface area contributed by atoms with Crippen LogP contribution in [0.2, 0.25) is 5.02 Å². The molecule has 2 aromatic carbocycles. The quantitative estimate of drug-likeness (QED) is 0.280. The molecule has 3 rings (SSSR count). The minimum absolute atomic E-state index is 0.254. The van der Waals surface area contributed by atoms with Crippen molar-refractivity contribution in [3.63, 3.8) is 0 Å². The fourth-order valence-corrected chi connectivity index (χ4v) is 2.55. The molecule has 0 aliphatic heterocycles. The molecule has 8 heteroatoms. The molecule has 3 aromatic rings. The lowest BCUT2D eigenvalue weighted by Gasteiger charge is -2.10. The molecule has 30 heavy (non-hydrogen) atoms. The van der Waals surface area contributed by atoms with Gasteiger partial charge in [0.15, 0.2) is 11.5 Å². The number of benzene rings is 2. The van der Waals surface area contributed by atoms with E-state index in [9.17, 15) is 9.59 Å². The van der Waals surface area contributed by atoms with E-state index in [1.807, 2.05) is 6.92 Å². The Hall–Kier alpha value is -3.71. The SMILES string of the molecule is COc1cc(/C=N\NC(=O)c2ccc(C)nc2)ccc1OC(=O)c1ccc(Cl)cc1. The van der Waals surface area contributed by atoms with Crippen molar-refractivity contribution in [3.8, 4) is 11.5 Å². The number of ether oxygens (including phenoxy) is 2. The maximum atomic E-state index is 12.3. The van der Waals surface area contributed by atoms with Gasteiger partial charge in [0.1, 0.15) is 0 Å². The monoisotopic (exact) mass is 423 g/mol. The second-order valence-electron chi connectivity index (χ2n) is 6.19. The van der Waals surface area contributed by atoms with Crippen LogP contribution in [0.3, 0.4) is 0 Å². The normalized spacial score (nSPS) is 10.6. The van der Waals surface area contributed by atoms with Gasteiger partial charge >= 0.3 is 5.97 Å². The first-order valence-corrected chi connectivity index (χ1v) is 9.26. The Bertz CT molecular complexity index is 1080. The van der Waals surface area contributed by atoms with Crippen molar-refractivity contribution in [2.24, 2.45) is 5.10 Å². The number of nitrogens with one attached hydrogen (secondary N) is 1. The Balaban J connectivity index is 1.66. The number of amides is 1. The first kappa shape index (κ1) is 21.0. The standard InChI is InChI=1S/C22H18ClN3O4/c1-14-3-5-17(13-24-14)21(27)26-25-12-15-4-10-19(20(11-15)29-2)30-22(28)16-6-8-18(23)9-7-16/h3-13H,1-2H3,(H,26,27)/b25-12-. The fourth-order valence-electron chi connectivity index (χ4n) is 2.43. The molecule has 0 aliphatic rings. The molecule has 0 fully saturated rings. The van der Waals surface area contributed by atoms with Crippen LogP contribution in [0.25, 0.3) is 0 Å². The van der Waals surface area contributed by atoms with Gasteiger partial charge in [-0.15, -0.1) is 0 Å². The molecule has 0 radical (unpaired) electrons. The maximum Gasteiger partial charge on any atom is 0.343 e. The summed E-state index contributed by atoms with van der Waals surface area (Å²) in [5.41, 5.74) is 4.65. The lowest BCUT2D eigenvalue weighted by molar-refractivity contribution is 0.0729. The molecule has 0 spiro atoms. The number of hydrazone groups is 1. The average molecular weight is 424 g/mol. The number of rotatable bonds is 6. The summed E-state index contributed by atoms with van der Waals surface area (Å²) in [4.78, 5) is 28.4. The van der Waals surface area contributed by atoms with E-state index in [1.54, 1.807) is 54.6 Å². The Kier molecular flexibility index (Phi) is 6.77. The largest absolute Gasteiger partial charge is 0.493 e. The van der Waals surface area contributed by atoms with E-state index >= 15 is 0 Å². The van der Waals surface area contributed by atoms with E-state index in [2.05, 4.69) is 15.5 Å². The van der Waals surface area contributed by atoms with Gasteiger partial charge < -0.3 is 9.47 Å². The summed E-state index contributed by atoms with van der Waals surface area (Å²) in [6.45, 7) is 1.84. The number of halogens is 1. The number of carbonyl (C=O) groups is 2. The number of hydrogen-bond acceptors (Lipinski definition) is 6. The number of aromatic nitrogens is 1. The molecular weight excluding hydrogens is 406 g/mol. The zero-order valence-electron chi connectivity index (χ0n) is 16.3. The molecule has 0 unspecified atom stereocenters. The van der Waals surface area contributed by atoms with E-state index in [-0.39, 0.29) is 11.7 Å². The van der Waals surface area contributed by atoms with Gasteiger partial charge in [0, 0.05) is 16.9 Å².